The van der Waals surface area contributed by atoms with Crippen molar-refractivity contribution in [2.45, 2.75) is 6.92 Å². The zero-order valence-electron chi connectivity index (χ0n) is 35.0. The summed E-state index contributed by atoms with van der Waals surface area (Å²) >= 11 is 0. The minimum absolute atomic E-state index is 0.540. The van der Waals surface area contributed by atoms with Crippen LogP contribution in [0.2, 0.25) is 0 Å². The Morgan fingerprint density at radius 2 is 1.19 bits per heavy atom. The molecule has 0 saturated heterocycles. The maximum Gasteiger partial charge on any atom is 0.231 e. The molecule has 0 aliphatic carbocycles. The minimum Gasteiger partial charge on any atom is -0.438 e. The molecular weight excluding hydrogens is 767 g/mol. The summed E-state index contributed by atoms with van der Waals surface area (Å²) in [6.45, 7) is 14.4. The smallest absolute Gasteiger partial charge is 0.231 e. The first-order chi connectivity index (χ1) is 31.0. The van der Waals surface area contributed by atoms with Crippen LogP contribution in [0.5, 0.6) is 0 Å². The second kappa shape index (κ2) is 16.6. The minimum atomic E-state index is 0.540. The van der Waals surface area contributed by atoms with Crippen molar-refractivity contribution in [3.63, 3.8) is 0 Å². The lowest BCUT2D eigenvalue weighted by Gasteiger charge is -2.12. The van der Waals surface area contributed by atoms with Gasteiger partial charge in [-0.15, -0.1) is 0 Å². The van der Waals surface area contributed by atoms with Gasteiger partial charge in [0.2, 0.25) is 5.71 Å². The van der Waals surface area contributed by atoms with Gasteiger partial charge >= 0.3 is 0 Å². The van der Waals surface area contributed by atoms with E-state index in [4.69, 9.17) is 14.4 Å². The third-order valence-corrected chi connectivity index (χ3v) is 11.7. The number of nitrogens with zero attached hydrogens (tertiary/aromatic N) is 3. The third kappa shape index (κ3) is 7.14. The van der Waals surface area contributed by atoms with Crippen molar-refractivity contribution in [2.75, 3.05) is 0 Å². The van der Waals surface area contributed by atoms with Crippen LogP contribution in [0, 0.1) is 0 Å². The number of hydrogen-bond acceptors (Lipinski definition) is 3. The van der Waals surface area contributed by atoms with Gasteiger partial charge in [-0.25, -0.2) is 4.98 Å². The predicted molar refractivity (Wildman–Crippen MR) is 266 cm³/mol. The fourth-order valence-electron chi connectivity index (χ4n) is 8.70. The maximum atomic E-state index is 6.65. The van der Waals surface area contributed by atoms with Gasteiger partial charge in [0.25, 0.3) is 0 Å². The van der Waals surface area contributed by atoms with Crippen molar-refractivity contribution in [3.8, 4) is 61.7 Å². The Morgan fingerprint density at radius 1 is 0.556 bits per heavy atom. The molecule has 0 radical (unpaired) electrons. The van der Waals surface area contributed by atoms with Crippen molar-refractivity contribution < 1.29 is 4.42 Å². The first kappa shape index (κ1) is 38.8. The number of aromatic nitrogens is 3. The first-order valence-electron chi connectivity index (χ1n) is 21.1. The average molecular weight is 810 g/mol. The van der Waals surface area contributed by atoms with E-state index in [1.807, 2.05) is 48.6 Å². The molecule has 7 aromatic carbocycles. The molecule has 4 nitrogen and oxygen atoms in total. The molecule has 0 spiro atoms. The Labute approximate surface area is 367 Å². The van der Waals surface area contributed by atoms with Gasteiger partial charge in [-0.3, -0.25) is 0 Å². The number of benzene rings is 7. The summed E-state index contributed by atoms with van der Waals surface area (Å²) in [6.07, 6.45) is 11.8. The number of furan rings is 1. The van der Waals surface area contributed by atoms with Crippen LogP contribution in [0.4, 0.5) is 0 Å². The summed E-state index contributed by atoms with van der Waals surface area (Å²) in [6, 6.07) is 59.4. The van der Waals surface area contributed by atoms with Crippen LogP contribution in [0.15, 0.2) is 218 Å². The van der Waals surface area contributed by atoms with E-state index in [1.54, 1.807) is 6.08 Å². The Morgan fingerprint density at radius 3 is 1.83 bits per heavy atom. The lowest BCUT2D eigenvalue weighted by Crippen LogP contribution is -1.98. The molecule has 3 aromatic heterocycles. The number of allylic oxidation sites excluding steroid dienone is 5. The summed E-state index contributed by atoms with van der Waals surface area (Å²) in [7, 11) is 0. The van der Waals surface area contributed by atoms with Gasteiger partial charge in [0.05, 0.1) is 22.3 Å². The van der Waals surface area contributed by atoms with Crippen molar-refractivity contribution >= 4 is 50.7 Å². The van der Waals surface area contributed by atoms with E-state index in [0.29, 0.717) is 11.5 Å². The summed E-state index contributed by atoms with van der Waals surface area (Å²) in [4.78, 5) is 10.6. The van der Waals surface area contributed by atoms with Crippen molar-refractivity contribution in [3.05, 3.63) is 231 Å². The van der Waals surface area contributed by atoms with E-state index in [1.165, 1.54) is 0 Å². The standard InChI is InChI=1S/C59H43N3O/c1-5-9-20-39(6-2)43-27-19-28-49(36-43)62-53(8-4)50(7-3)51-37-44(29-31-54(51)62)45-30-32-55-52(38-45)56-57(42-25-17-12-18-26-42)60-58(61-59(56)63-55)48-34-46(40-21-13-10-14-22-40)33-47(35-48)41-23-15-11-16-24-41/h5-38H,1,3-4H2,2H3/b20-9-,39-6+. The van der Waals surface area contributed by atoms with E-state index in [2.05, 4.69) is 183 Å². The fraction of sp³-hybridized carbons (Fsp3) is 0.0169. The first-order valence-corrected chi connectivity index (χ1v) is 21.1. The molecule has 0 unspecified atom stereocenters. The second-order valence-corrected chi connectivity index (χ2v) is 15.4. The normalized spacial score (nSPS) is 11.8. The number of fused-ring (bicyclic) bond motifs is 4. The van der Waals surface area contributed by atoms with Crippen molar-refractivity contribution in [2.24, 2.45) is 0 Å². The summed E-state index contributed by atoms with van der Waals surface area (Å²) in [5.41, 5.74) is 16.9. The SMILES string of the molecule is C=C/C=C\C(=C/C)c1cccc(-n2c(C=C)c(C=C)c3cc(-c4ccc5oc6nc(-c7cc(-c8ccccc8)cc(-c8ccccc8)c7)nc(-c7ccccc7)c6c5c4)ccc32)c1. The van der Waals surface area contributed by atoms with Crippen LogP contribution in [-0.2, 0) is 0 Å². The Balaban J connectivity index is 1.13. The lowest BCUT2D eigenvalue weighted by atomic mass is 9.95. The molecule has 0 amide bonds. The summed E-state index contributed by atoms with van der Waals surface area (Å²) < 4.78 is 8.92. The van der Waals surface area contributed by atoms with E-state index < -0.39 is 0 Å². The van der Waals surface area contributed by atoms with Crippen LogP contribution in [0.25, 0.3) is 112 Å². The number of rotatable bonds is 11. The van der Waals surface area contributed by atoms with Gasteiger partial charge in [-0.2, -0.15) is 4.98 Å². The highest BCUT2D eigenvalue weighted by Gasteiger charge is 2.21. The van der Waals surface area contributed by atoms with Crippen LogP contribution in [0.3, 0.4) is 0 Å². The summed E-state index contributed by atoms with van der Waals surface area (Å²) in [5, 5.41) is 2.91. The molecule has 0 saturated carbocycles. The second-order valence-electron chi connectivity index (χ2n) is 15.4. The monoisotopic (exact) mass is 809 g/mol. The molecule has 0 aliphatic heterocycles. The Hall–Kier alpha value is -8.34. The zero-order valence-corrected chi connectivity index (χ0v) is 35.0. The lowest BCUT2D eigenvalue weighted by molar-refractivity contribution is 0.653. The highest BCUT2D eigenvalue weighted by molar-refractivity contribution is 6.12. The quantitative estimate of drug-likeness (QED) is 0.122. The molecule has 63 heavy (non-hydrogen) atoms. The van der Waals surface area contributed by atoms with Gasteiger partial charge < -0.3 is 8.98 Å². The molecule has 3 heterocycles. The molecule has 0 atom stereocenters. The zero-order chi connectivity index (χ0) is 42.9. The molecule has 0 fully saturated rings. The Bertz CT molecular complexity index is 3380. The molecule has 0 aliphatic rings. The van der Waals surface area contributed by atoms with Gasteiger partial charge in [0.1, 0.15) is 5.58 Å². The van der Waals surface area contributed by atoms with E-state index in [0.717, 1.165) is 106 Å². The molecule has 0 bridgehead atoms. The predicted octanol–water partition coefficient (Wildman–Crippen LogP) is 16.1. The third-order valence-electron chi connectivity index (χ3n) is 11.7. The van der Waals surface area contributed by atoms with E-state index in [-0.39, 0.29) is 0 Å². The van der Waals surface area contributed by atoms with Gasteiger partial charge in [0.15, 0.2) is 5.82 Å². The average Bonchev–Trinajstić information content (AvgIpc) is 3.89. The number of hydrogen-bond donors (Lipinski definition) is 0. The van der Waals surface area contributed by atoms with Crippen LogP contribution in [-0.4, -0.2) is 14.5 Å². The van der Waals surface area contributed by atoms with Gasteiger partial charge in [-0.1, -0.05) is 165 Å². The molecule has 300 valence electrons. The molecule has 10 rings (SSSR count). The molecular formula is C59H43N3O. The highest BCUT2D eigenvalue weighted by Crippen LogP contribution is 2.41. The highest BCUT2D eigenvalue weighted by atomic mass is 16.3. The van der Waals surface area contributed by atoms with Crippen molar-refractivity contribution in [1.82, 2.24) is 14.5 Å². The van der Waals surface area contributed by atoms with Crippen LogP contribution >= 0.6 is 0 Å². The van der Waals surface area contributed by atoms with Gasteiger partial charge in [0, 0.05) is 33.2 Å². The van der Waals surface area contributed by atoms with E-state index in [9.17, 15) is 0 Å². The largest absolute Gasteiger partial charge is 0.438 e. The van der Waals surface area contributed by atoms with E-state index >= 15 is 0 Å². The van der Waals surface area contributed by atoms with Gasteiger partial charge in [-0.05, 0) is 112 Å². The molecule has 10 aromatic rings. The fourth-order valence-corrected chi connectivity index (χ4v) is 8.70. The van der Waals surface area contributed by atoms with Crippen LogP contribution < -0.4 is 0 Å². The summed E-state index contributed by atoms with van der Waals surface area (Å²) in [5.74, 6) is 0.598. The van der Waals surface area contributed by atoms with Crippen LogP contribution in [0.1, 0.15) is 23.7 Å². The molecule has 0 N–H and O–H groups in total. The topological polar surface area (TPSA) is 43.9 Å². The molecule has 4 heteroatoms. The Kier molecular flexibility index (Phi) is 10.2. The maximum absolute atomic E-state index is 6.65. The van der Waals surface area contributed by atoms with Crippen molar-refractivity contribution in [1.29, 1.82) is 0 Å².